The van der Waals surface area contributed by atoms with Gasteiger partial charge in [-0.1, -0.05) is 16.8 Å². The minimum atomic E-state index is 0.489. The number of aryl methyl sites for hydroxylation is 3. The Kier molecular flexibility index (Phi) is 3.28. The summed E-state index contributed by atoms with van der Waals surface area (Å²) in [6.07, 6.45) is 0. The van der Waals surface area contributed by atoms with Crippen LogP contribution in [0.4, 0.5) is 0 Å². The molecule has 122 valence electrons. The second-order valence-electron chi connectivity index (χ2n) is 5.90. The smallest absolute Gasteiger partial charge is 0.141 e. The van der Waals surface area contributed by atoms with E-state index >= 15 is 0 Å². The lowest BCUT2D eigenvalue weighted by Crippen LogP contribution is -1.90. The number of rotatable bonds is 2. The highest BCUT2D eigenvalue weighted by Gasteiger charge is 2.19. The van der Waals surface area contributed by atoms with Crippen LogP contribution in [0.3, 0.4) is 0 Å². The van der Waals surface area contributed by atoms with E-state index < -0.39 is 0 Å². The maximum absolute atomic E-state index is 6.37. The molecule has 0 radical (unpaired) electrons. The van der Waals surface area contributed by atoms with Gasteiger partial charge in [-0.3, -0.25) is 0 Å². The number of methoxy groups -OCH3 is 1. The standard InChI is InChI=1S/C18H16ClN3O2/c1-8-5-14-17(18(19)20-8)11-7-15(23-4)12(6-13(11)21-14)16-9(2)22-24-10(16)3/h5-7,21H,1-4H3. The second kappa shape index (κ2) is 5.24. The highest BCUT2D eigenvalue weighted by Crippen LogP contribution is 2.40. The Balaban J connectivity index is 2.10. The Morgan fingerprint density at radius 3 is 2.58 bits per heavy atom. The third kappa shape index (κ3) is 2.08. The fourth-order valence-corrected chi connectivity index (χ4v) is 3.59. The fraction of sp³-hybridized carbons (Fsp3) is 0.222. The van der Waals surface area contributed by atoms with Gasteiger partial charge in [0.2, 0.25) is 0 Å². The number of nitrogens with zero attached hydrogens (tertiary/aromatic N) is 2. The molecule has 1 N–H and O–H groups in total. The van der Waals surface area contributed by atoms with Crippen LogP contribution < -0.4 is 4.74 Å². The van der Waals surface area contributed by atoms with E-state index in [9.17, 15) is 0 Å². The van der Waals surface area contributed by atoms with E-state index in [4.69, 9.17) is 20.9 Å². The molecule has 0 fully saturated rings. The van der Waals surface area contributed by atoms with Crippen LogP contribution in [0.15, 0.2) is 22.7 Å². The Bertz CT molecular complexity index is 1080. The van der Waals surface area contributed by atoms with Crippen molar-refractivity contribution >= 4 is 33.4 Å². The van der Waals surface area contributed by atoms with Crippen molar-refractivity contribution in [3.8, 4) is 16.9 Å². The Morgan fingerprint density at radius 1 is 1.12 bits per heavy atom. The molecule has 0 spiro atoms. The summed E-state index contributed by atoms with van der Waals surface area (Å²) in [7, 11) is 1.65. The van der Waals surface area contributed by atoms with Gasteiger partial charge < -0.3 is 14.2 Å². The summed E-state index contributed by atoms with van der Waals surface area (Å²) in [5.74, 6) is 1.51. The summed E-state index contributed by atoms with van der Waals surface area (Å²) in [5.41, 5.74) is 5.52. The predicted octanol–water partition coefficient (Wildman–Crippen LogP) is 4.96. The van der Waals surface area contributed by atoms with Crippen molar-refractivity contribution in [3.05, 3.63) is 40.5 Å². The van der Waals surface area contributed by atoms with Gasteiger partial charge in [0, 0.05) is 27.5 Å². The van der Waals surface area contributed by atoms with Gasteiger partial charge in [0.1, 0.15) is 16.7 Å². The second-order valence-corrected chi connectivity index (χ2v) is 6.26. The largest absolute Gasteiger partial charge is 0.496 e. The molecular formula is C18H16ClN3O2. The number of H-pyrrole nitrogens is 1. The molecule has 0 aliphatic rings. The number of hydrogen-bond donors (Lipinski definition) is 1. The van der Waals surface area contributed by atoms with Crippen LogP contribution in [0, 0.1) is 20.8 Å². The molecule has 0 aliphatic carbocycles. The molecule has 5 nitrogen and oxygen atoms in total. The van der Waals surface area contributed by atoms with Gasteiger partial charge in [-0.05, 0) is 39.0 Å². The van der Waals surface area contributed by atoms with Gasteiger partial charge in [0.25, 0.3) is 0 Å². The number of benzene rings is 1. The predicted molar refractivity (Wildman–Crippen MR) is 94.9 cm³/mol. The summed E-state index contributed by atoms with van der Waals surface area (Å²) >= 11 is 6.37. The van der Waals surface area contributed by atoms with E-state index in [1.165, 1.54) is 0 Å². The van der Waals surface area contributed by atoms with Crippen LogP contribution in [-0.4, -0.2) is 22.2 Å². The molecule has 0 saturated heterocycles. The Morgan fingerprint density at radius 2 is 1.92 bits per heavy atom. The zero-order valence-electron chi connectivity index (χ0n) is 13.8. The lowest BCUT2D eigenvalue weighted by Gasteiger charge is -2.09. The molecule has 0 unspecified atom stereocenters. The van der Waals surface area contributed by atoms with Crippen LogP contribution in [-0.2, 0) is 0 Å². The minimum absolute atomic E-state index is 0.489. The molecule has 6 heteroatoms. The van der Waals surface area contributed by atoms with E-state index in [1.807, 2.05) is 39.0 Å². The Labute approximate surface area is 143 Å². The van der Waals surface area contributed by atoms with Crippen LogP contribution in [0.5, 0.6) is 5.75 Å². The van der Waals surface area contributed by atoms with E-state index in [0.717, 1.165) is 55.8 Å². The van der Waals surface area contributed by atoms with E-state index in [2.05, 4.69) is 15.1 Å². The number of pyridine rings is 1. The van der Waals surface area contributed by atoms with Gasteiger partial charge in [-0.25, -0.2) is 4.98 Å². The zero-order valence-corrected chi connectivity index (χ0v) is 14.6. The molecule has 0 atom stereocenters. The lowest BCUT2D eigenvalue weighted by molar-refractivity contribution is 0.393. The molecule has 3 aromatic heterocycles. The van der Waals surface area contributed by atoms with Gasteiger partial charge in [0.05, 0.1) is 23.9 Å². The molecule has 0 saturated carbocycles. The molecule has 0 aliphatic heterocycles. The summed E-state index contributed by atoms with van der Waals surface area (Å²) < 4.78 is 10.9. The molecule has 0 bridgehead atoms. The normalized spacial score (nSPS) is 11.5. The first-order valence-electron chi connectivity index (χ1n) is 7.59. The van der Waals surface area contributed by atoms with Crippen LogP contribution in [0.25, 0.3) is 32.9 Å². The fourth-order valence-electron chi connectivity index (χ4n) is 3.26. The molecular weight excluding hydrogens is 326 g/mol. The Hall–Kier alpha value is -2.53. The lowest BCUT2D eigenvalue weighted by atomic mass is 10.0. The highest BCUT2D eigenvalue weighted by atomic mass is 35.5. The van der Waals surface area contributed by atoms with Crippen LogP contribution in [0.2, 0.25) is 5.15 Å². The topological polar surface area (TPSA) is 63.9 Å². The first kappa shape index (κ1) is 15.0. The van der Waals surface area contributed by atoms with Gasteiger partial charge in [0.15, 0.2) is 0 Å². The quantitative estimate of drug-likeness (QED) is 0.523. The van der Waals surface area contributed by atoms with Crippen molar-refractivity contribution in [1.29, 1.82) is 0 Å². The average molecular weight is 342 g/mol. The maximum atomic E-state index is 6.37. The number of hydrogen-bond acceptors (Lipinski definition) is 4. The summed E-state index contributed by atoms with van der Waals surface area (Å²) in [5, 5.41) is 6.42. The maximum Gasteiger partial charge on any atom is 0.141 e. The van der Waals surface area contributed by atoms with Crippen molar-refractivity contribution in [2.75, 3.05) is 7.11 Å². The third-order valence-electron chi connectivity index (χ3n) is 4.28. The van der Waals surface area contributed by atoms with Gasteiger partial charge in [-0.2, -0.15) is 0 Å². The van der Waals surface area contributed by atoms with Crippen molar-refractivity contribution < 1.29 is 9.26 Å². The van der Waals surface area contributed by atoms with Crippen molar-refractivity contribution in [3.63, 3.8) is 0 Å². The molecule has 4 aromatic rings. The number of nitrogens with one attached hydrogen (secondary N) is 1. The monoisotopic (exact) mass is 341 g/mol. The molecule has 1 aromatic carbocycles. The van der Waals surface area contributed by atoms with Crippen molar-refractivity contribution in [1.82, 2.24) is 15.1 Å². The van der Waals surface area contributed by atoms with Crippen LogP contribution in [0.1, 0.15) is 17.1 Å². The number of aromatic nitrogens is 3. The average Bonchev–Trinajstić information content (AvgIpc) is 3.05. The number of halogens is 1. The van der Waals surface area contributed by atoms with E-state index in [-0.39, 0.29) is 0 Å². The van der Waals surface area contributed by atoms with Crippen LogP contribution >= 0.6 is 11.6 Å². The first-order chi connectivity index (χ1) is 11.5. The third-order valence-corrected chi connectivity index (χ3v) is 4.56. The SMILES string of the molecule is COc1cc2c(cc1-c1c(C)noc1C)[nH]c1cc(C)nc(Cl)c12. The molecule has 24 heavy (non-hydrogen) atoms. The van der Waals surface area contributed by atoms with E-state index in [1.54, 1.807) is 7.11 Å². The summed E-state index contributed by atoms with van der Waals surface area (Å²) in [4.78, 5) is 7.78. The molecule has 0 amide bonds. The first-order valence-corrected chi connectivity index (χ1v) is 7.97. The zero-order chi connectivity index (χ0) is 17.0. The number of ether oxygens (including phenoxy) is 1. The number of fused-ring (bicyclic) bond motifs is 3. The van der Waals surface area contributed by atoms with Crippen molar-refractivity contribution in [2.45, 2.75) is 20.8 Å². The summed E-state index contributed by atoms with van der Waals surface area (Å²) in [6.45, 7) is 5.74. The highest BCUT2D eigenvalue weighted by molar-refractivity contribution is 6.36. The minimum Gasteiger partial charge on any atom is -0.496 e. The molecule has 3 heterocycles. The van der Waals surface area contributed by atoms with E-state index in [0.29, 0.717) is 5.15 Å². The van der Waals surface area contributed by atoms with Gasteiger partial charge in [-0.15, -0.1) is 0 Å². The molecule has 4 rings (SSSR count). The number of aromatic amines is 1. The summed E-state index contributed by atoms with van der Waals surface area (Å²) in [6, 6.07) is 6.02. The van der Waals surface area contributed by atoms with Gasteiger partial charge >= 0.3 is 0 Å². The van der Waals surface area contributed by atoms with Crippen molar-refractivity contribution in [2.24, 2.45) is 0 Å².